The summed E-state index contributed by atoms with van der Waals surface area (Å²) in [7, 11) is 0. The number of rotatable bonds is 2. The van der Waals surface area contributed by atoms with Crippen molar-refractivity contribution in [2.24, 2.45) is 17.3 Å². The number of fused-ring (bicyclic) bond motifs is 4. The van der Waals surface area contributed by atoms with Crippen LogP contribution in [0.5, 0.6) is 0 Å². The highest BCUT2D eigenvalue weighted by atomic mass is 16.3. The Morgan fingerprint density at radius 1 is 1.00 bits per heavy atom. The van der Waals surface area contributed by atoms with E-state index in [1.807, 2.05) is 48.5 Å². The molecule has 0 amide bonds. The van der Waals surface area contributed by atoms with Crippen LogP contribution in [-0.2, 0) is 4.79 Å². The van der Waals surface area contributed by atoms with Gasteiger partial charge in [0, 0.05) is 28.9 Å². The van der Waals surface area contributed by atoms with Crippen molar-refractivity contribution in [3.63, 3.8) is 0 Å². The van der Waals surface area contributed by atoms with Gasteiger partial charge in [0.2, 0.25) is 0 Å². The smallest absolute Gasteiger partial charge is 0.156 e. The van der Waals surface area contributed by atoms with Gasteiger partial charge in [-0.3, -0.25) is 9.59 Å². The number of carbonyl (C=O) groups excluding carboxylic acids is 2. The molecule has 0 heterocycles. The van der Waals surface area contributed by atoms with Crippen molar-refractivity contribution < 1.29 is 14.7 Å². The van der Waals surface area contributed by atoms with Crippen LogP contribution in [0, 0.1) is 29.1 Å². The van der Waals surface area contributed by atoms with E-state index in [2.05, 4.69) is 30.9 Å². The molecule has 0 saturated heterocycles. The fraction of sp³-hybridized carbons (Fsp3) is 0.394. The molecule has 36 heavy (non-hydrogen) atoms. The van der Waals surface area contributed by atoms with E-state index in [0.29, 0.717) is 30.2 Å². The molecule has 0 bridgehead atoms. The summed E-state index contributed by atoms with van der Waals surface area (Å²) in [5, 5.41) is 12.1. The van der Waals surface area contributed by atoms with Crippen molar-refractivity contribution in [3.8, 4) is 11.8 Å². The van der Waals surface area contributed by atoms with Crippen LogP contribution in [-0.4, -0.2) is 22.8 Å². The van der Waals surface area contributed by atoms with E-state index in [1.54, 1.807) is 0 Å². The molecule has 2 unspecified atom stereocenters. The Morgan fingerprint density at radius 2 is 1.78 bits per heavy atom. The Hall–Kier alpha value is -3.22. The Bertz CT molecular complexity index is 1340. The van der Waals surface area contributed by atoms with Gasteiger partial charge >= 0.3 is 0 Å². The van der Waals surface area contributed by atoms with Crippen LogP contribution in [0.3, 0.4) is 0 Å². The second-order valence-corrected chi connectivity index (χ2v) is 11.3. The molecule has 2 aromatic carbocycles. The number of allylic oxidation sites excluding steroid dienone is 4. The van der Waals surface area contributed by atoms with Crippen LogP contribution in [0.1, 0.15) is 79.3 Å². The number of ketones is 1. The Kier molecular flexibility index (Phi) is 5.61. The topological polar surface area (TPSA) is 54.4 Å². The van der Waals surface area contributed by atoms with Gasteiger partial charge in [-0.2, -0.15) is 0 Å². The summed E-state index contributed by atoms with van der Waals surface area (Å²) < 4.78 is 0. The van der Waals surface area contributed by atoms with Crippen molar-refractivity contribution >= 4 is 12.1 Å². The van der Waals surface area contributed by atoms with E-state index >= 15 is 0 Å². The van der Waals surface area contributed by atoms with Crippen molar-refractivity contribution in [1.29, 1.82) is 0 Å². The maximum atomic E-state index is 12.2. The molecule has 4 aliphatic carbocycles. The van der Waals surface area contributed by atoms with E-state index < -0.39 is 5.60 Å². The van der Waals surface area contributed by atoms with Gasteiger partial charge in [-0.25, -0.2) is 0 Å². The number of aliphatic hydroxyl groups is 1. The molecule has 2 aromatic rings. The maximum absolute atomic E-state index is 12.2. The van der Waals surface area contributed by atoms with Crippen LogP contribution in [0.15, 0.2) is 77.4 Å². The lowest BCUT2D eigenvalue weighted by molar-refractivity contribution is -0.114. The van der Waals surface area contributed by atoms with E-state index in [4.69, 9.17) is 0 Å². The molecular weight excluding hydrogens is 444 g/mol. The number of carbonyl (C=O) groups is 2. The van der Waals surface area contributed by atoms with E-state index in [0.717, 1.165) is 44.0 Å². The first kappa shape index (κ1) is 23.2. The Balaban J connectivity index is 1.47. The minimum absolute atomic E-state index is 0.145. The predicted octanol–water partition coefficient (Wildman–Crippen LogP) is 6.18. The molecule has 182 valence electrons. The van der Waals surface area contributed by atoms with E-state index in [1.165, 1.54) is 22.3 Å². The minimum Gasteiger partial charge on any atom is -0.377 e. The largest absolute Gasteiger partial charge is 0.377 e. The fourth-order valence-corrected chi connectivity index (χ4v) is 7.67. The predicted molar refractivity (Wildman–Crippen MR) is 140 cm³/mol. The van der Waals surface area contributed by atoms with Gasteiger partial charge in [0.25, 0.3) is 0 Å². The molecule has 6 rings (SSSR count). The quantitative estimate of drug-likeness (QED) is 0.416. The van der Waals surface area contributed by atoms with Crippen molar-refractivity contribution in [2.45, 2.75) is 63.4 Å². The SMILES string of the molecule is C[C@]12C[C@H](c3ccc(C=O)cc3)C3=C4CCC(=O)C=C4CCC3C1CC[C@@]2(O)C#Cc1ccccc1. The maximum Gasteiger partial charge on any atom is 0.156 e. The molecule has 0 radical (unpaired) electrons. The van der Waals surface area contributed by atoms with Crippen LogP contribution in [0.2, 0.25) is 0 Å². The van der Waals surface area contributed by atoms with Crippen molar-refractivity contribution in [1.82, 2.24) is 0 Å². The molecule has 3 nitrogen and oxygen atoms in total. The van der Waals surface area contributed by atoms with Crippen LogP contribution in [0.25, 0.3) is 0 Å². The first-order valence-corrected chi connectivity index (χ1v) is 13.2. The summed E-state index contributed by atoms with van der Waals surface area (Å²) in [6, 6.07) is 17.9. The zero-order chi connectivity index (χ0) is 24.9. The number of hydrogen-bond acceptors (Lipinski definition) is 3. The van der Waals surface area contributed by atoms with Crippen LogP contribution >= 0.6 is 0 Å². The Labute approximate surface area is 213 Å². The third-order valence-corrected chi connectivity index (χ3v) is 9.55. The average Bonchev–Trinajstić information content (AvgIpc) is 3.17. The van der Waals surface area contributed by atoms with Gasteiger partial charge in [-0.1, -0.05) is 66.8 Å². The van der Waals surface area contributed by atoms with Gasteiger partial charge in [-0.15, -0.1) is 0 Å². The Morgan fingerprint density at radius 3 is 2.53 bits per heavy atom. The lowest BCUT2D eigenvalue weighted by Gasteiger charge is -2.53. The third kappa shape index (κ3) is 3.62. The molecule has 3 heteroatoms. The van der Waals surface area contributed by atoms with Gasteiger partial charge in [0.05, 0.1) is 0 Å². The molecule has 0 aliphatic heterocycles. The normalized spacial score (nSPS) is 33.0. The fourth-order valence-electron chi connectivity index (χ4n) is 7.67. The summed E-state index contributed by atoms with van der Waals surface area (Å²) in [6.45, 7) is 2.26. The van der Waals surface area contributed by atoms with Gasteiger partial charge < -0.3 is 5.11 Å². The molecule has 2 fully saturated rings. The second kappa shape index (κ2) is 8.71. The number of aldehydes is 1. The standard InChI is InChI=1S/C33H32O3/c1-32-20-29(24-9-7-23(21-34)8-10-24)31-27-14-12-26(35)19-25(27)11-13-28(31)30(32)16-18-33(32,36)17-15-22-5-3-2-4-6-22/h2-10,19,21,28-30,36H,11-14,16,18,20H2,1H3/t28?,29-,30?,32+,33+/m1/s1. The average molecular weight is 477 g/mol. The summed E-state index contributed by atoms with van der Waals surface area (Å²) in [4.78, 5) is 23.5. The molecular formula is C33H32O3. The molecule has 0 aromatic heterocycles. The monoisotopic (exact) mass is 476 g/mol. The highest BCUT2D eigenvalue weighted by molar-refractivity contribution is 5.93. The van der Waals surface area contributed by atoms with Gasteiger partial charge in [-0.05, 0) is 85.3 Å². The first-order valence-electron chi connectivity index (χ1n) is 13.2. The number of hydrogen-bond donors (Lipinski definition) is 1. The first-order chi connectivity index (χ1) is 17.4. The van der Waals surface area contributed by atoms with Gasteiger partial charge in [0.1, 0.15) is 11.9 Å². The molecule has 5 atom stereocenters. The van der Waals surface area contributed by atoms with E-state index in [-0.39, 0.29) is 17.1 Å². The molecule has 2 saturated carbocycles. The molecule has 1 N–H and O–H groups in total. The summed E-state index contributed by atoms with van der Waals surface area (Å²) in [5.74, 6) is 7.76. The summed E-state index contributed by atoms with van der Waals surface area (Å²) >= 11 is 0. The lowest BCUT2D eigenvalue weighted by atomic mass is 9.51. The zero-order valence-electron chi connectivity index (χ0n) is 20.8. The van der Waals surface area contributed by atoms with Crippen molar-refractivity contribution in [3.05, 3.63) is 94.1 Å². The zero-order valence-corrected chi connectivity index (χ0v) is 20.8. The lowest BCUT2D eigenvalue weighted by Crippen LogP contribution is -2.51. The minimum atomic E-state index is -1.05. The number of benzene rings is 2. The molecule has 0 spiro atoms. The van der Waals surface area contributed by atoms with Crippen molar-refractivity contribution in [2.75, 3.05) is 0 Å². The summed E-state index contributed by atoms with van der Waals surface area (Å²) in [5.41, 5.74) is 5.50. The van der Waals surface area contributed by atoms with Crippen LogP contribution in [0.4, 0.5) is 0 Å². The third-order valence-electron chi connectivity index (χ3n) is 9.55. The van der Waals surface area contributed by atoms with Gasteiger partial charge in [0.15, 0.2) is 5.78 Å². The van der Waals surface area contributed by atoms with E-state index in [9.17, 15) is 14.7 Å². The summed E-state index contributed by atoms with van der Waals surface area (Å²) in [6.07, 6.45) is 8.60. The van der Waals surface area contributed by atoms with Crippen LogP contribution < -0.4 is 0 Å². The second-order valence-electron chi connectivity index (χ2n) is 11.3. The molecule has 4 aliphatic rings. The highest BCUT2D eigenvalue weighted by Gasteiger charge is 2.62. The highest BCUT2D eigenvalue weighted by Crippen LogP contribution is 2.66.